The Morgan fingerprint density at radius 2 is 1.88 bits per heavy atom. The summed E-state index contributed by atoms with van der Waals surface area (Å²) < 4.78 is 0. The summed E-state index contributed by atoms with van der Waals surface area (Å²) in [6.45, 7) is 2.25. The summed E-state index contributed by atoms with van der Waals surface area (Å²) in [5.41, 5.74) is 0.501. The van der Waals surface area contributed by atoms with Gasteiger partial charge in [-0.3, -0.25) is 9.59 Å². The first-order valence-electron chi connectivity index (χ1n) is 5.33. The molecule has 0 spiro atoms. The van der Waals surface area contributed by atoms with E-state index in [4.69, 9.17) is 10.2 Å². The molecule has 17 heavy (non-hydrogen) atoms. The highest BCUT2D eigenvalue weighted by Gasteiger charge is 2.22. The lowest BCUT2D eigenvalue weighted by Crippen LogP contribution is -2.27. The van der Waals surface area contributed by atoms with Crippen molar-refractivity contribution in [3.63, 3.8) is 0 Å². The molecule has 5 heteroatoms. The third-order valence-corrected chi connectivity index (χ3v) is 2.36. The van der Waals surface area contributed by atoms with Crippen LogP contribution >= 0.6 is 0 Å². The minimum atomic E-state index is -1.05. The Hall–Kier alpha value is -2.04. The summed E-state index contributed by atoms with van der Waals surface area (Å²) >= 11 is 0. The van der Waals surface area contributed by atoms with Crippen molar-refractivity contribution < 1.29 is 19.8 Å². The zero-order valence-corrected chi connectivity index (χ0v) is 9.51. The lowest BCUT2D eigenvalue weighted by molar-refractivity contribution is -0.140. The quantitative estimate of drug-likeness (QED) is 0.715. The maximum absolute atomic E-state index is 11.4. The topological polar surface area (TPSA) is 86.6 Å². The highest BCUT2D eigenvalue weighted by atomic mass is 16.4. The van der Waals surface area contributed by atoms with E-state index in [1.165, 1.54) is 24.3 Å². The van der Waals surface area contributed by atoms with Crippen LogP contribution in [-0.4, -0.2) is 28.6 Å². The van der Waals surface area contributed by atoms with E-state index in [1.807, 2.05) is 0 Å². The van der Waals surface area contributed by atoms with E-state index in [0.29, 0.717) is 12.1 Å². The lowest BCUT2D eigenvalue weighted by atomic mass is 9.95. The highest BCUT2D eigenvalue weighted by Crippen LogP contribution is 2.22. The minimum absolute atomic E-state index is 0.0656. The smallest absolute Gasteiger partial charge is 0.311 e. The van der Waals surface area contributed by atoms with E-state index in [-0.39, 0.29) is 18.1 Å². The van der Waals surface area contributed by atoms with Gasteiger partial charge in [-0.15, -0.1) is 0 Å². The van der Waals surface area contributed by atoms with E-state index in [1.54, 1.807) is 6.92 Å². The number of carbonyl (C=O) groups is 2. The van der Waals surface area contributed by atoms with Crippen LogP contribution in [0.4, 0.5) is 0 Å². The number of carboxylic acids is 1. The molecule has 1 rings (SSSR count). The predicted molar refractivity (Wildman–Crippen MR) is 61.8 cm³/mol. The summed E-state index contributed by atoms with van der Waals surface area (Å²) in [5, 5.41) is 20.7. The van der Waals surface area contributed by atoms with Gasteiger partial charge in [0.15, 0.2) is 0 Å². The maximum atomic E-state index is 11.4. The van der Waals surface area contributed by atoms with Crippen molar-refractivity contribution in [1.29, 1.82) is 0 Å². The molecule has 5 nitrogen and oxygen atoms in total. The second-order valence-electron chi connectivity index (χ2n) is 3.64. The Balaban J connectivity index is 2.82. The normalized spacial score (nSPS) is 11.8. The number of hydrogen-bond acceptors (Lipinski definition) is 3. The van der Waals surface area contributed by atoms with Crippen LogP contribution in [0.2, 0.25) is 0 Å². The molecule has 0 saturated heterocycles. The first kappa shape index (κ1) is 13.0. The van der Waals surface area contributed by atoms with Gasteiger partial charge in [0, 0.05) is 13.0 Å². The van der Waals surface area contributed by atoms with Crippen LogP contribution in [0.1, 0.15) is 24.8 Å². The van der Waals surface area contributed by atoms with E-state index in [9.17, 15) is 9.59 Å². The van der Waals surface area contributed by atoms with Crippen LogP contribution in [-0.2, 0) is 9.59 Å². The number of phenolic OH excluding ortho intramolecular Hbond substituents is 1. The van der Waals surface area contributed by atoms with Crippen LogP contribution in [0, 0.1) is 0 Å². The molecule has 0 fully saturated rings. The van der Waals surface area contributed by atoms with Crippen molar-refractivity contribution in [2.45, 2.75) is 19.3 Å². The van der Waals surface area contributed by atoms with Crippen LogP contribution in [0.5, 0.6) is 5.75 Å². The van der Waals surface area contributed by atoms with Gasteiger partial charge in [-0.1, -0.05) is 12.1 Å². The largest absolute Gasteiger partial charge is 0.508 e. The molecule has 0 aliphatic rings. The SMILES string of the molecule is CCNC(=O)CC(C(=O)O)c1ccc(O)cc1. The molecule has 0 saturated carbocycles. The fourth-order valence-electron chi connectivity index (χ4n) is 1.51. The molecule has 3 N–H and O–H groups in total. The number of aromatic hydroxyl groups is 1. The molecule has 92 valence electrons. The van der Waals surface area contributed by atoms with E-state index in [2.05, 4.69) is 5.32 Å². The molecule has 1 atom stereocenters. The Bertz CT molecular complexity index is 399. The summed E-state index contributed by atoms with van der Waals surface area (Å²) in [7, 11) is 0. The third-order valence-electron chi connectivity index (χ3n) is 2.36. The van der Waals surface area contributed by atoms with Gasteiger partial charge < -0.3 is 15.5 Å². The van der Waals surface area contributed by atoms with Gasteiger partial charge in [0.25, 0.3) is 0 Å². The van der Waals surface area contributed by atoms with Gasteiger partial charge in [-0.25, -0.2) is 0 Å². The van der Waals surface area contributed by atoms with Gasteiger partial charge in [0.05, 0.1) is 5.92 Å². The molecule has 1 aromatic rings. The Morgan fingerprint density at radius 3 is 2.35 bits per heavy atom. The van der Waals surface area contributed by atoms with Crippen molar-refractivity contribution in [3.8, 4) is 5.75 Å². The molecular weight excluding hydrogens is 222 g/mol. The number of carboxylic acid groups (broad SMARTS) is 1. The average molecular weight is 237 g/mol. The summed E-state index contributed by atoms with van der Waals surface area (Å²) in [6, 6.07) is 5.83. The van der Waals surface area contributed by atoms with Crippen molar-refractivity contribution in [2.75, 3.05) is 6.54 Å². The minimum Gasteiger partial charge on any atom is -0.508 e. The number of phenols is 1. The first-order chi connectivity index (χ1) is 8.04. The number of benzene rings is 1. The fraction of sp³-hybridized carbons (Fsp3) is 0.333. The van der Waals surface area contributed by atoms with Crippen LogP contribution < -0.4 is 5.32 Å². The van der Waals surface area contributed by atoms with E-state index >= 15 is 0 Å². The standard InChI is InChI=1S/C12H15NO4/c1-2-13-11(15)7-10(12(16)17)8-3-5-9(14)6-4-8/h3-6,10,14H,2,7H2,1H3,(H,13,15)(H,16,17). The lowest BCUT2D eigenvalue weighted by Gasteiger charge is -2.12. The van der Waals surface area contributed by atoms with Crippen molar-refractivity contribution in [3.05, 3.63) is 29.8 Å². The summed E-state index contributed by atoms with van der Waals surface area (Å²) in [4.78, 5) is 22.5. The molecule has 0 heterocycles. The Labute approximate surface area is 99.1 Å². The van der Waals surface area contributed by atoms with Gasteiger partial charge in [0.2, 0.25) is 5.91 Å². The number of nitrogens with one attached hydrogen (secondary N) is 1. The average Bonchev–Trinajstić information content (AvgIpc) is 2.27. The number of aliphatic carboxylic acids is 1. The number of rotatable bonds is 5. The molecule has 0 aliphatic heterocycles. The predicted octanol–water partition coefficient (Wildman–Crippen LogP) is 1.09. The second kappa shape index (κ2) is 5.89. The summed E-state index contributed by atoms with van der Waals surface area (Å²) in [5.74, 6) is -2.17. The number of amides is 1. The van der Waals surface area contributed by atoms with E-state index in [0.717, 1.165) is 0 Å². The molecule has 0 aromatic heterocycles. The van der Waals surface area contributed by atoms with Gasteiger partial charge in [-0.2, -0.15) is 0 Å². The zero-order chi connectivity index (χ0) is 12.8. The van der Waals surface area contributed by atoms with Crippen molar-refractivity contribution >= 4 is 11.9 Å². The molecule has 0 aliphatic carbocycles. The zero-order valence-electron chi connectivity index (χ0n) is 9.51. The third kappa shape index (κ3) is 3.79. The molecule has 0 radical (unpaired) electrons. The first-order valence-corrected chi connectivity index (χ1v) is 5.33. The molecular formula is C12H15NO4. The van der Waals surface area contributed by atoms with Gasteiger partial charge in [-0.05, 0) is 24.6 Å². The molecule has 0 bridgehead atoms. The Kier molecular flexibility index (Phi) is 4.51. The highest BCUT2D eigenvalue weighted by molar-refractivity contribution is 5.85. The fourth-order valence-corrected chi connectivity index (χ4v) is 1.51. The molecule has 1 amide bonds. The van der Waals surface area contributed by atoms with Gasteiger partial charge >= 0.3 is 5.97 Å². The molecule has 1 aromatic carbocycles. The second-order valence-corrected chi connectivity index (χ2v) is 3.64. The number of hydrogen-bond donors (Lipinski definition) is 3. The molecule has 1 unspecified atom stereocenters. The Morgan fingerprint density at radius 1 is 1.29 bits per heavy atom. The maximum Gasteiger partial charge on any atom is 0.311 e. The summed E-state index contributed by atoms with van der Waals surface area (Å²) in [6.07, 6.45) is -0.103. The van der Waals surface area contributed by atoms with Crippen molar-refractivity contribution in [1.82, 2.24) is 5.32 Å². The van der Waals surface area contributed by atoms with Crippen LogP contribution in [0.3, 0.4) is 0 Å². The van der Waals surface area contributed by atoms with Crippen molar-refractivity contribution in [2.24, 2.45) is 0 Å². The number of carbonyl (C=O) groups excluding carboxylic acids is 1. The van der Waals surface area contributed by atoms with Crippen LogP contribution in [0.15, 0.2) is 24.3 Å². The van der Waals surface area contributed by atoms with Crippen LogP contribution in [0.25, 0.3) is 0 Å². The monoisotopic (exact) mass is 237 g/mol. The van der Waals surface area contributed by atoms with E-state index < -0.39 is 11.9 Å². The van der Waals surface area contributed by atoms with Gasteiger partial charge in [0.1, 0.15) is 5.75 Å².